The summed E-state index contributed by atoms with van der Waals surface area (Å²) in [6.45, 7) is 6.15. The zero-order valence-electron chi connectivity index (χ0n) is 11.0. The van der Waals surface area contributed by atoms with Crippen LogP contribution in [0.4, 0.5) is 0 Å². The molecular formula is C14H21NO3. The fourth-order valence-corrected chi connectivity index (χ4v) is 1.94. The molecule has 0 saturated carbocycles. The summed E-state index contributed by atoms with van der Waals surface area (Å²) in [5.41, 5.74) is 0.879. The van der Waals surface area contributed by atoms with E-state index in [1.54, 1.807) is 0 Å². The van der Waals surface area contributed by atoms with Gasteiger partial charge in [-0.2, -0.15) is 0 Å². The van der Waals surface area contributed by atoms with Gasteiger partial charge in [0.25, 0.3) is 0 Å². The molecule has 4 heteroatoms. The van der Waals surface area contributed by atoms with Gasteiger partial charge in [0.15, 0.2) is 11.5 Å². The number of hydrogen-bond donors (Lipinski definition) is 2. The highest BCUT2D eigenvalue weighted by molar-refractivity contribution is 5.44. The van der Waals surface area contributed by atoms with Crippen molar-refractivity contribution in [2.24, 2.45) is 0 Å². The Bertz CT molecular complexity index is 393. The van der Waals surface area contributed by atoms with E-state index in [1.807, 2.05) is 18.2 Å². The molecule has 1 aromatic carbocycles. The van der Waals surface area contributed by atoms with E-state index in [2.05, 4.69) is 19.2 Å². The number of rotatable bonds is 5. The molecule has 1 atom stereocenters. The molecule has 0 aliphatic carbocycles. The summed E-state index contributed by atoms with van der Waals surface area (Å²) in [4.78, 5) is 0. The number of fused-ring (bicyclic) bond motifs is 1. The Hall–Kier alpha value is -1.26. The van der Waals surface area contributed by atoms with Crippen molar-refractivity contribution in [3.05, 3.63) is 23.8 Å². The van der Waals surface area contributed by atoms with Gasteiger partial charge in [-0.15, -0.1) is 0 Å². The monoisotopic (exact) mass is 251 g/mol. The Balaban J connectivity index is 1.95. The highest BCUT2D eigenvalue weighted by atomic mass is 16.6. The SMILES string of the molecule is CC(C)NCCC(O)c1ccc2c(c1)OCCO2. The molecule has 0 amide bonds. The maximum atomic E-state index is 10.1. The van der Waals surface area contributed by atoms with E-state index in [9.17, 15) is 5.11 Å². The third-order valence-electron chi connectivity index (χ3n) is 2.92. The van der Waals surface area contributed by atoms with Crippen LogP contribution in [0.25, 0.3) is 0 Å². The molecule has 0 bridgehead atoms. The van der Waals surface area contributed by atoms with E-state index in [0.29, 0.717) is 25.7 Å². The second kappa shape index (κ2) is 6.07. The first-order valence-corrected chi connectivity index (χ1v) is 6.48. The summed E-state index contributed by atoms with van der Waals surface area (Å²) in [6.07, 6.45) is 0.227. The van der Waals surface area contributed by atoms with E-state index in [4.69, 9.17) is 9.47 Å². The second-order valence-corrected chi connectivity index (χ2v) is 4.82. The lowest BCUT2D eigenvalue weighted by Gasteiger charge is -2.20. The Kier molecular flexibility index (Phi) is 4.44. The van der Waals surface area contributed by atoms with Crippen molar-refractivity contribution in [1.29, 1.82) is 0 Å². The molecule has 4 nitrogen and oxygen atoms in total. The first-order valence-electron chi connectivity index (χ1n) is 6.48. The second-order valence-electron chi connectivity index (χ2n) is 4.82. The molecule has 1 aromatic rings. The summed E-state index contributed by atoms with van der Waals surface area (Å²) < 4.78 is 11.0. The van der Waals surface area contributed by atoms with Crippen LogP contribution in [0.1, 0.15) is 31.9 Å². The summed E-state index contributed by atoms with van der Waals surface area (Å²) >= 11 is 0. The van der Waals surface area contributed by atoms with Gasteiger partial charge in [-0.05, 0) is 30.7 Å². The van der Waals surface area contributed by atoms with Gasteiger partial charge in [-0.1, -0.05) is 19.9 Å². The normalized spacial score (nSPS) is 15.8. The summed E-state index contributed by atoms with van der Waals surface area (Å²) in [5.74, 6) is 1.49. The molecule has 18 heavy (non-hydrogen) atoms. The van der Waals surface area contributed by atoms with Gasteiger partial charge in [0.05, 0.1) is 6.10 Å². The minimum atomic E-state index is -0.466. The van der Waals surface area contributed by atoms with Gasteiger partial charge in [-0.3, -0.25) is 0 Å². The predicted molar refractivity (Wildman–Crippen MR) is 70.1 cm³/mol. The zero-order chi connectivity index (χ0) is 13.0. The van der Waals surface area contributed by atoms with Gasteiger partial charge < -0.3 is 19.9 Å². The van der Waals surface area contributed by atoms with Crippen molar-refractivity contribution in [2.75, 3.05) is 19.8 Å². The smallest absolute Gasteiger partial charge is 0.161 e. The average molecular weight is 251 g/mol. The van der Waals surface area contributed by atoms with Crippen LogP contribution in [-0.2, 0) is 0 Å². The summed E-state index contributed by atoms with van der Waals surface area (Å²) in [5, 5.41) is 13.4. The maximum absolute atomic E-state index is 10.1. The van der Waals surface area contributed by atoms with E-state index < -0.39 is 6.10 Å². The number of hydrogen-bond acceptors (Lipinski definition) is 4. The fraction of sp³-hybridized carbons (Fsp3) is 0.571. The van der Waals surface area contributed by atoms with Crippen LogP contribution in [0.3, 0.4) is 0 Å². The van der Waals surface area contributed by atoms with Gasteiger partial charge in [0, 0.05) is 6.04 Å². The predicted octanol–water partition coefficient (Wildman–Crippen LogP) is 1.88. The first-order chi connectivity index (χ1) is 8.66. The van der Waals surface area contributed by atoms with Crippen LogP contribution in [0.15, 0.2) is 18.2 Å². The Morgan fingerprint density at radius 1 is 1.22 bits per heavy atom. The lowest BCUT2D eigenvalue weighted by Crippen LogP contribution is -2.25. The summed E-state index contributed by atoms with van der Waals surface area (Å²) in [6, 6.07) is 6.07. The van der Waals surface area contributed by atoms with E-state index in [1.165, 1.54) is 0 Å². The van der Waals surface area contributed by atoms with Crippen molar-refractivity contribution < 1.29 is 14.6 Å². The van der Waals surface area contributed by atoms with Gasteiger partial charge in [0.1, 0.15) is 13.2 Å². The van der Waals surface area contributed by atoms with Crippen molar-refractivity contribution >= 4 is 0 Å². The largest absolute Gasteiger partial charge is 0.486 e. The van der Waals surface area contributed by atoms with Crippen LogP contribution in [-0.4, -0.2) is 30.9 Å². The molecule has 1 unspecified atom stereocenters. The van der Waals surface area contributed by atoms with Crippen LogP contribution in [0.5, 0.6) is 11.5 Å². The molecule has 100 valence electrons. The fourth-order valence-electron chi connectivity index (χ4n) is 1.94. The topological polar surface area (TPSA) is 50.7 Å². The Morgan fingerprint density at radius 2 is 1.94 bits per heavy atom. The van der Waals surface area contributed by atoms with Crippen LogP contribution < -0.4 is 14.8 Å². The van der Waals surface area contributed by atoms with Crippen molar-refractivity contribution in [1.82, 2.24) is 5.32 Å². The standard InChI is InChI=1S/C14H21NO3/c1-10(2)15-6-5-12(16)11-3-4-13-14(9-11)18-8-7-17-13/h3-4,9-10,12,15-16H,5-8H2,1-2H3. The van der Waals surface area contributed by atoms with E-state index in [0.717, 1.165) is 23.6 Å². The van der Waals surface area contributed by atoms with Gasteiger partial charge >= 0.3 is 0 Å². The molecule has 1 aliphatic rings. The van der Waals surface area contributed by atoms with Crippen LogP contribution in [0.2, 0.25) is 0 Å². The highest BCUT2D eigenvalue weighted by Gasteiger charge is 2.15. The number of aliphatic hydroxyl groups is 1. The van der Waals surface area contributed by atoms with E-state index in [-0.39, 0.29) is 0 Å². The molecule has 0 saturated heterocycles. The number of benzene rings is 1. The third-order valence-corrected chi connectivity index (χ3v) is 2.92. The minimum Gasteiger partial charge on any atom is -0.486 e. The van der Waals surface area contributed by atoms with Gasteiger partial charge in [-0.25, -0.2) is 0 Å². The molecule has 0 aromatic heterocycles. The average Bonchev–Trinajstić information content (AvgIpc) is 2.37. The molecule has 1 heterocycles. The molecule has 2 N–H and O–H groups in total. The summed E-state index contributed by atoms with van der Waals surface area (Å²) in [7, 11) is 0. The molecule has 0 fully saturated rings. The molecule has 0 radical (unpaired) electrons. The number of ether oxygens (including phenoxy) is 2. The Morgan fingerprint density at radius 3 is 2.67 bits per heavy atom. The quantitative estimate of drug-likeness (QED) is 0.839. The van der Waals surface area contributed by atoms with Gasteiger partial charge in [0.2, 0.25) is 0 Å². The number of aliphatic hydroxyl groups excluding tert-OH is 1. The molecule has 0 spiro atoms. The number of nitrogens with one attached hydrogen (secondary N) is 1. The lowest BCUT2D eigenvalue weighted by molar-refractivity contribution is 0.158. The van der Waals surface area contributed by atoms with E-state index >= 15 is 0 Å². The lowest BCUT2D eigenvalue weighted by atomic mass is 10.1. The molecular weight excluding hydrogens is 230 g/mol. The van der Waals surface area contributed by atoms with Crippen molar-refractivity contribution in [3.63, 3.8) is 0 Å². The highest BCUT2D eigenvalue weighted by Crippen LogP contribution is 2.33. The third kappa shape index (κ3) is 3.37. The van der Waals surface area contributed by atoms with Crippen molar-refractivity contribution in [2.45, 2.75) is 32.4 Å². The molecule has 2 rings (SSSR count). The maximum Gasteiger partial charge on any atom is 0.161 e. The first kappa shape index (κ1) is 13.2. The van der Waals surface area contributed by atoms with Crippen molar-refractivity contribution in [3.8, 4) is 11.5 Å². The zero-order valence-corrected chi connectivity index (χ0v) is 11.0. The van der Waals surface area contributed by atoms with Crippen LogP contribution >= 0.6 is 0 Å². The minimum absolute atomic E-state index is 0.442. The molecule has 1 aliphatic heterocycles. The Labute approximate surface area is 108 Å². The van der Waals surface area contributed by atoms with Crippen LogP contribution in [0, 0.1) is 0 Å².